The standard InChI is InChI=1S/C12H15NO2.ClH/c13-11(8-2-1-3-8)9-4-6-10(7-5-9)12(14)15;/h4-8,11H,1-3,13H2,(H,14,15);1H/t11-;/m1./s1. The SMILES string of the molecule is Cl.N[C@@H](c1ccc(C(=O)O)cc1)C1CCC1. The molecule has 2 rings (SSSR count). The zero-order chi connectivity index (χ0) is 10.8. The highest BCUT2D eigenvalue weighted by molar-refractivity contribution is 5.87. The molecule has 1 aromatic rings. The summed E-state index contributed by atoms with van der Waals surface area (Å²) in [7, 11) is 0. The van der Waals surface area contributed by atoms with Gasteiger partial charge in [0.2, 0.25) is 0 Å². The van der Waals surface area contributed by atoms with Gasteiger partial charge in [-0.05, 0) is 36.5 Å². The van der Waals surface area contributed by atoms with Crippen molar-refractivity contribution in [2.75, 3.05) is 0 Å². The maximum absolute atomic E-state index is 10.7. The molecule has 0 heterocycles. The fourth-order valence-corrected chi connectivity index (χ4v) is 1.92. The predicted octanol–water partition coefficient (Wildman–Crippen LogP) is 2.61. The molecule has 1 aliphatic rings. The van der Waals surface area contributed by atoms with Crippen LogP contribution >= 0.6 is 12.4 Å². The van der Waals surface area contributed by atoms with Gasteiger partial charge in [-0.1, -0.05) is 18.6 Å². The molecule has 88 valence electrons. The fourth-order valence-electron chi connectivity index (χ4n) is 1.92. The summed E-state index contributed by atoms with van der Waals surface area (Å²) in [6, 6.07) is 6.97. The van der Waals surface area contributed by atoms with Gasteiger partial charge in [-0.25, -0.2) is 4.79 Å². The van der Waals surface area contributed by atoms with Crippen LogP contribution in [0.1, 0.15) is 41.2 Å². The molecule has 1 atom stereocenters. The molecule has 0 aliphatic heterocycles. The summed E-state index contributed by atoms with van der Waals surface area (Å²) in [4.78, 5) is 10.7. The van der Waals surface area contributed by atoms with Crippen LogP contribution in [0.25, 0.3) is 0 Å². The first-order valence-corrected chi connectivity index (χ1v) is 5.27. The Kier molecular flexibility index (Phi) is 4.33. The van der Waals surface area contributed by atoms with E-state index in [4.69, 9.17) is 10.8 Å². The van der Waals surface area contributed by atoms with Gasteiger partial charge in [0.25, 0.3) is 0 Å². The van der Waals surface area contributed by atoms with Gasteiger partial charge in [-0.3, -0.25) is 0 Å². The Morgan fingerprint density at radius 2 is 1.88 bits per heavy atom. The highest BCUT2D eigenvalue weighted by Gasteiger charge is 2.25. The average molecular weight is 242 g/mol. The lowest BCUT2D eigenvalue weighted by atomic mass is 9.77. The van der Waals surface area contributed by atoms with Gasteiger partial charge in [0, 0.05) is 6.04 Å². The smallest absolute Gasteiger partial charge is 0.335 e. The van der Waals surface area contributed by atoms with Crippen LogP contribution in [0, 0.1) is 5.92 Å². The quantitative estimate of drug-likeness (QED) is 0.855. The largest absolute Gasteiger partial charge is 0.478 e. The van der Waals surface area contributed by atoms with Crippen molar-refractivity contribution in [3.8, 4) is 0 Å². The monoisotopic (exact) mass is 241 g/mol. The normalized spacial score (nSPS) is 17.1. The van der Waals surface area contributed by atoms with E-state index in [0.29, 0.717) is 11.5 Å². The predicted molar refractivity (Wildman–Crippen MR) is 64.9 cm³/mol. The van der Waals surface area contributed by atoms with E-state index in [2.05, 4.69) is 0 Å². The molecule has 3 nitrogen and oxygen atoms in total. The van der Waals surface area contributed by atoms with Crippen molar-refractivity contribution in [2.45, 2.75) is 25.3 Å². The lowest BCUT2D eigenvalue weighted by Gasteiger charge is -2.31. The third kappa shape index (κ3) is 2.54. The minimum Gasteiger partial charge on any atom is -0.478 e. The summed E-state index contributed by atoms with van der Waals surface area (Å²) in [5.41, 5.74) is 7.44. The topological polar surface area (TPSA) is 63.3 Å². The van der Waals surface area contributed by atoms with Crippen LogP contribution in [0.3, 0.4) is 0 Å². The molecule has 0 bridgehead atoms. The Morgan fingerprint density at radius 3 is 2.25 bits per heavy atom. The highest BCUT2D eigenvalue weighted by Crippen LogP contribution is 2.35. The van der Waals surface area contributed by atoms with Crippen molar-refractivity contribution in [3.63, 3.8) is 0 Å². The second-order valence-electron chi connectivity index (χ2n) is 4.14. The summed E-state index contributed by atoms with van der Waals surface area (Å²) in [5.74, 6) is -0.306. The molecule has 0 unspecified atom stereocenters. The number of carbonyl (C=O) groups is 1. The van der Waals surface area contributed by atoms with E-state index < -0.39 is 5.97 Å². The summed E-state index contributed by atoms with van der Waals surface area (Å²) in [6.45, 7) is 0. The Labute approximate surface area is 101 Å². The summed E-state index contributed by atoms with van der Waals surface area (Å²) in [5, 5.41) is 8.75. The van der Waals surface area contributed by atoms with Crippen molar-refractivity contribution in [1.29, 1.82) is 0 Å². The summed E-state index contributed by atoms with van der Waals surface area (Å²) < 4.78 is 0. The maximum Gasteiger partial charge on any atom is 0.335 e. The first-order chi connectivity index (χ1) is 7.18. The number of hydrogen-bond donors (Lipinski definition) is 2. The van der Waals surface area contributed by atoms with Crippen molar-refractivity contribution in [2.24, 2.45) is 11.7 Å². The molecular weight excluding hydrogens is 226 g/mol. The van der Waals surface area contributed by atoms with Crippen LogP contribution in [0.2, 0.25) is 0 Å². The summed E-state index contributed by atoms with van der Waals surface area (Å²) >= 11 is 0. The number of halogens is 1. The van der Waals surface area contributed by atoms with E-state index in [9.17, 15) is 4.79 Å². The molecular formula is C12H16ClNO2. The van der Waals surface area contributed by atoms with Gasteiger partial charge < -0.3 is 10.8 Å². The maximum atomic E-state index is 10.7. The Balaban J connectivity index is 0.00000128. The Morgan fingerprint density at radius 1 is 1.31 bits per heavy atom. The van der Waals surface area contributed by atoms with E-state index in [-0.39, 0.29) is 18.4 Å². The van der Waals surface area contributed by atoms with Crippen LogP contribution in [0.15, 0.2) is 24.3 Å². The van der Waals surface area contributed by atoms with Gasteiger partial charge in [0.05, 0.1) is 5.56 Å². The van der Waals surface area contributed by atoms with E-state index in [1.165, 1.54) is 19.3 Å². The summed E-state index contributed by atoms with van der Waals surface area (Å²) in [6.07, 6.45) is 3.66. The van der Waals surface area contributed by atoms with Crippen molar-refractivity contribution in [3.05, 3.63) is 35.4 Å². The lowest BCUT2D eigenvalue weighted by molar-refractivity contribution is 0.0697. The highest BCUT2D eigenvalue weighted by atomic mass is 35.5. The number of aromatic carboxylic acids is 1. The van der Waals surface area contributed by atoms with Crippen molar-refractivity contribution in [1.82, 2.24) is 0 Å². The van der Waals surface area contributed by atoms with E-state index in [0.717, 1.165) is 5.56 Å². The second kappa shape index (κ2) is 5.32. The molecule has 4 heteroatoms. The number of rotatable bonds is 3. The van der Waals surface area contributed by atoms with Gasteiger partial charge in [-0.2, -0.15) is 0 Å². The van der Waals surface area contributed by atoms with Crippen LogP contribution < -0.4 is 5.73 Å². The van der Waals surface area contributed by atoms with Crippen molar-refractivity contribution < 1.29 is 9.90 Å². The number of hydrogen-bond acceptors (Lipinski definition) is 2. The van der Waals surface area contributed by atoms with Crippen molar-refractivity contribution >= 4 is 18.4 Å². The number of benzene rings is 1. The molecule has 0 aromatic heterocycles. The Hall–Kier alpha value is -1.06. The van der Waals surface area contributed by atoms with Crippen LogP contribution in [0.4, 0.5) is 0 Å². The minimum absolute atomic E-state index is 0. The molecule has 3 N–H and O–H groups in total. The molecule has 16 heavy (non-hydrogen) atoms. The molecule has 0 saturated heterocycles. The molecule has 1 saturated carbocycles. The van der Waals surface area contributed by atoms with E-state index in [1.807, 2.05) is 12.1 Å². The molecule has 0 radical (unpaired) electrons. The number of carboxylic acids is 1. The minimum atomic E-state index is -0.890. The Bertz CT molecular complexity index is 360. The third-order valence-corrected chi connectivity index (χ3v) is 3.20. The molecule has 0 amide bonds. The van der Waals surface area contributed by atoms with Crippen LogP contribution in [0.5, 0.6) is 0 Å². The van der Waals surface area contributed by atoms with Gasteiger partial charge in [-0.15, -0.1) is 12.4 Å². The lowest BCUT2D eigenvalue weighted by Crippen LogP contribution is -2.26. The molecule has 0 spiro atoms. The molecule has 1 aliphatic carbocycles. The fraction of sp³-hybridized carbons (Fsp3) is 0.417. The van der Waals surface area contributed by atoms with Gasteiger partial charge in [0.15, 0.2) is 0 Å². The van der Waals surface area contributed by atoms with Crippen LogP contribution in [-0.2, 0) is 0 Å². The van der Waals surface area contributed by atoms with Crippen LogP contribution in [-0.4, -0.2) is 11.1 Å². The third-order valence-electron chi connectivity index (χ3n) is 3.20. The first-order valence-electron chi connectivity index (χ1n) is 5.27. The zero-order valence-corrected chi connectivity index (χ0v) is 9.74. The van der Waals surface area contributed by atoms with E-state index in [1.54, 1.807) is 12.1 Å². The second-order valence-corrected chi connectivity index (χ2v) is 4.14. The average Bonchev–Trinajstić information content (AvgIpc) is 2.15. The molecule has 1 aromatic carbocycles. The van der Waals surface area contributed by atoms with Gasteiger partial charge in [0.1, 0.15) is 0 Å². The first kappa shape index (κ1) is 13.0. The van der Waals surface area contributed by atoms with Gasteiger partial charge >= 0.3 is 5.97 Å². The number of carboxylic acid groups (broad SMARTS) is 1. The number of nitrogens with two attached hydrogens (primary N) is 1. The van der Waals surface area contributed by atoms with E-state index >= 15 is 0 Å². The molecule has 1 fully saturated rings. The zero-order valence-electron chi connectivity index (χ0n) is 8.93.